The fourth-order valence-corrected chi connectivity index (χ4v) is 6.43. The molecule has 140 valence electrons. The maximum absolute atomic E-state index is 2.62. The van der Waals surface area contributed by atoms with Crippen LogP contribution in [0.25, 0.3) is 0 Å². The number of nitrogens with zero attached hydrogens (tertiary/aromatic N) is 2. The zero-order chi connectivity index (χ0) is 17.9. The predicted octanol–water partition coefficient (Wildman–Crippen LogP) is 5.76. The number of hydrogen-bond donors (Lipinski definition) is 0. The molecule has 1 aliphatic heterocycles. The lowest BCUT2D eigenvalue weighted by atomic mass is 9.71. The van der Waals surface area contributed by atoms with Gasteiger partial charge in [-0.2, -0.15) is 0 Å². The van der Waals surface area contributed by atoms with Gasteiger partial charge >= 0.3 is 0 Å². The van der Waals surface area contributed by atoms with E-state index < -0.39 is 0 Å². The molecule has 0 saturated heterocycles. The van der Waals surface area contributed by atoms with Gasteiger partial charge in [-0.05, 0) is 77.0 Å². The molecule has 2 heteroatoms. The normalized spacial score (nSPS) is 41.7. The van der Waals surface area contributed by atoms with Gasteiger partial charge in [0, 0.05) is 12.4 Å². The second kappa shape index (κ2) is 5.78. The Morgan fingerprint density at radius 1 is 0.923 bits per heavy atom. The highest BCUT2D eigenvalue weighted by Crippen LogP contribution is 2.45. The minimum absolute atomic E-state index is 0.149. The Balaban J connectivity index is 1.37. The molecule has 0 aromatic carbocycles. The van der Waals surface area contributed by atoms with Gasteiger partial charge < -0.3 is 9.80 Å². The van der Waals surface area contributed by atoms with Gasteiger partial charge in [0.15, 0.2) is 0 Å². The Labute approximate surface area is 159 Å². The van der Waals surface area contributed by atoms with Gasteiger partial charge in [0.2, 0.25) is 0 Å². The van der Waals surface area contributed by atoms with Crippen LogP contribution in [0.3, 0.4) is 0 Å². The van der Waals surface area contributed by atoms with E-state index in [1.54, 1.807) is 16.7 Å². The van der Waals surface area contributed by atoms with Crippen LogP contribution in [0, 0.1) is 11.8 Å². The largest absolute Gasteiger partial charge is 0.350 e. The SMILES string of the molecule is CC1C=C2CC(=CC(C)(N3C=CN(C4(C)C=C5CCCC(C5)C4)C3)C1)C2. The van der Waals surface area contributed by atoms with Crippen molar-refractivity contribution in [2.24, 2.45) is 11.8 Å². The lowest BCUT2D eigenvalue weighted by Gasteiger charge is -2.47. The summed E-state index contributed by atoms with van der Waals surface area (Å²) >= 11 is 0. The van der Waals surface area contributed by atoms with Crippen LogP contribution in [0.1, 0.15) is 72.1 Å². The van der Waals surface area contributed by atoms with Gasteiger partial charge in [-0.15, -0.1) is 0 Å². The number of rotatable bonds is 2. The van der Waals surface area contributed by atoms with E-state index in [9.17, 15) is 0 Å². The molecule has 6 rings (SSSR count). The number of hydrogen-bond acceptors (Lipinski definition) is 2. The van der Waals surface area contributed by atoms with Crippen molar-refractivity contribution in [3.63, 3.8) is 0 Å². The van der Waals surface area contributed by atoms with E-state index in [1.807, 2.05) is 0 Å². The van der Waals surface area contributed by atoms with Crippen LogP contribution in [-0.2, 0) is 0 Å². The Morgan fingerprint density at radius 3 is 2.35 bits per heavy atom. The molecule has 2 nitrogen and oxygen atoms in total. The first-order valence-electron chi connectivity index (χ1n) is 10.7. The van der Waals surface area contributed by atoms with Crippen LogP contribution in [0.5, 0.6) is 0 Å². The van der Waals surface area contributed by atoms with Crippen molar-refractivity contribution in [2.75, 3.05) is 6.67 Å². The van der Waals surface area contributed by atoms with Gasteiger partial charge in [0.1, 0.15) is 0 Å². The average Bonchev–Trinajstić information content (AvgIpc) is 3.02. The van der Waals surface area contributed by atoms with Crippen LogP contribution in [0.15, 0.2) is 47.3 Å². The van der Waals surface area contributed by atoms with E-state index in [-0.39, 0.29) is 11.1 Å². The molecule has 4 bridgehead atoms. The molecule has 0 aromatic rings. The summed E-state index contributed by atoms with van der Waals surface area (Å²) < 4.78 is 0. The third kappa shape index (κ3) is 2.77. The van der Waals surface area contributed by atoms with Crippen LogP contribution in [0.4, 0.5) is 0 Å². The molecular formula is C24H34N2. The zero-order valence-electron chi connectivity index (χ0n) is 16.8. The topological polar surface area (TPSA) is 6.48 Å². The standard InChI is InChI=1S/C24H34N2/c1-18-9-21-11-22(12-21)16-23(2,13-18)25-7-8-26(17-25)24(3)14-19-5-4-6-20(10-19)15-24/h7-9,14,16,18,20H,4-6,10-13,15,17H2,1-3H3. The van der Waals surface area contributed by atoms with E-state index in [4.69, 9.17) is 0 Å². The van der Waals surface area contributed by atoms with Crippen LogP contribution < -0.4 is 0 Å². The van der Waals surface area contributed by atoms with E-state index in [0.717, 1.165) is 12.6 Å². The van der Waals surface area contributed by atoms with Gasteiger partial charge in [0.25, 0.3) is 0 Å². The Hall–Kier alpha value is -1.44. The lowest BCUT2D eigenvalue weighted by Crippen LogP contribution is -2.51. The molecule has 0 radical (unpaired) electrons. The summed E-state index contributed by atoms with van der Waals surface area (Å²) in [4.78, 5) is 5.24. The summed E-state index contributed by atoms with van der Waals surface area (Å²) in [5.41, 5.74) is 5.40. The fourth-order valence-electron chi connectivity index (χ4n) is 6.43. The molecule has 2 saturated carbocycles. The van der Waals surface area contributed by atoms with Crippen LogP contribution in [0.2, 0.25) is 0 Å². The summed E-state index contributed by atoms with van der Waals surface area (Å²) in [6.07, 6.45) is 23.1. The molecule has 1 heterocycles. The highest BCUT2D eigenvalue weighted by Gasteiger charge is 2.42. The van der Waals surface area contributed by atoms with E-state index >= 15 is 0 Å². The molecule has 4 unspecified atom stereocenters. The minimum atomic E-state index is 0.149. The lowest BCUT2D eigenvalue weighted by molar-refractivity contribution is 0.0868. The van der Waals surface area contributed by atoms with Crippen molar-refractivity contribution in [3.05, 3.63) is 47.3 Å². The number of allylic oxidation sites excluding steroid dienone is 4. The molecule has 0 spiro atoms. The van der Waals surface area contributed by atoms with Crippen molar-refractivity contribution in [3.8, 4) is 0 Å². The molecule has 5 aliphatic carbocycles. The first-order chi connectivity index (χ1) is 12.4. The van der Waals surface area contributed by atoms with E-state index in [2.05, 4.69) is 61.2 Å². The second-order valence-corrected chi connectivity index (χ2v) is 10.2. The molecule has 0 aromatic heterocycles. The van der Waals surface area contributed by atoms with Crippen molar-refractivity contribution < 1.29 is 0 Å². The van der Waals surface area contributed by atoms with Crippen molar-refractivity contribution in [1.29, 1.82) is 0 Å². The highest BCUT2D eigenvalue weighted by molar-refractivity contribution is 5.37. The number of fused-ring (bicyclic) bond motifs is 6. The van der Waals surface area contributed by atoms with Crippen molar-refractivity contribution in [2.45, 2.75) is 83.2 Å². The van der Waals surface area contributed by atoms with E-state index in [0.29, 0.717) is 5.92 Å². The Morgan fingerprint density at radius 2 is 1.62 bits per heavy atom. The first-order valence-corrected chi connectivity index (χ1v) is 10.7. The summed E-state index contributed by atoms with van der Waals surface area (Å²) in [6.45, 7) is 8.36. The zero-order valence-corrected chi connectivity index (χ0v) is 16.8. The molecular weight excluding hydrogens is 316 g/mol. The molecule has 0 N–H and O–H groups in total. The quantitative estimate of drug-likeness (QED) is 0.584. The Bertz CT molecular complexity index is 716. The summed E-state index contributed by atoms with van der Waals surface area (Å²) in [6, 6.07) is 0. The molecule has 26 heavy (non-hydrogen) atoms. The average molecular weight is 351 g/mol. The monoisotopic (exact) mass is 350 g/mol. The molecule has 6 aliphatic rings. The Kier molecular flexibility index (Phi) is 3.71. The molecule has 4 atom stereocenters. The highest BCUT2D eigenvalue weighted by atomic mass is 15.4. The summed E-state index contributed by atoms with van der Waals surface area (Å²) in [5.74, 6) is 1.58. The minimum Gasteiger partial charge on any atom is -0.350 e. The smallest absolute Gasteiger partial charge is 0.0909 e. The first kappa shape index (κ1) is 16.7. The summed E-state index contributed by atoms with van der Waals surface area (Å²) in [7, 11) is 0. The van der Waals surface area contributed by atoms with Gasteiger partial charge in [0.05, 0.1) is 17.7 Å². The maximum atomic E-state index is 2.62. The predicted molar refractivity (Wildman–Crippen MR) is 108 cm³/mol. The van der Waals surface area contributed by atoms with Gasteiger partial charge in [-0.1, -0.05) is 41.9 Å². The van der Waals surface area contributed by atoms with Crippen molar-refractivity contribution in [1.82, 2.24) is 9.80 Å². The third-order valence-corrected chi connectivity index (χ3v) is 7.60. The third-order valence-electron chi connectivity index (χ3n) is 7.60. The maximum Gasteiger partial charge on any atom is 0.0909 e. The van der Waals surface area contributed by atoms with Gasteiger partial charge in [-0.3, -0.25) is 0 Å². The van der Waals surface area contributed by atoms with Crippen LogP contribution >= 0.6 is 0 Å². The van der Waals surface area contributed by atoms with Gasteiger partial charge in [-0.25, -0.2) is 0 Å². The molecule has 0 amide bonds. The fraction of sp³-hybridized carbons (Fsp3) is 0.667. The van der Waals surface area contributed by atoms with E-state index in [1.165, 1.54) is 51.4 Å². The van der Waals surface area contributed by atoms with Crippen LogP contribution in [-0.4, -0.2) is 27.5 Å². The second-order valence-electron chi connectivity index (χ2n) is 10.2. The van der Waals surface area contributed by atoms with Crippen molar-refractivity contribution >= 4 is 0 Å². The summed E-state index contributed by atoms with van der Waals surface area (Å²) in [5, 5.41) is 0. The molecule has 2 fully saturated rings.